The summed E-state index contributed by atoms with van der Waals surface area (Å²) in [6.45, 7) is 5.30. The molecule has 1 aliphatic rings. The molecule has 96 valence electrons. The van der Waals surface area contributed by atoms with Crippen molar-refractivity contribution in [3.8, 4) is 6.07 Å². The number of nitrogens with zero attached hydrogens (tertiary/aromatic N) is 3. The van der Waals surface area contributed by atoms with Crippen molar-refractivity contribution in [3.63, 3.8) is 0 Å². The van der Waals surface area contributed by atoms with E-state index in [1.54, 1.807) is 6.20 Å². The molecule has 0 radical (unpaired) electrons. The smallest absolute Gasteiger partial charge is 0.125 e. The van der Waals surface area contributed by atoms with Crippen molar-refractivity contribution in [3.05, 3.63) is 24.4 Å². The molecule has 4 heteroatoms. The average molecular weight is 244 g/mol. The summed E-state index contributed by atoms with van der Waals surface area (Å²) in [5, 5.41) is 12.1. The highest BCUT2D eigenvalue weighted by molar-refractivity contribution is 5.33. The van der Waals surface area contributed by atoms with Gasteiger partial charge in [-0.1, -0.05) is 6.07 Å². The highest BCUT2D eigenvalue weighted by atomic mass is 15.2. The van der Waals surface area contributed by atoms with Crippen LogP contribution in [0.25, 0.3) is 0 Å². The van der Waals surface area contributed by atoms with Crippen molar-refractivity contribution < 1.29 is 0 Å². The lowest BCUT2D eigenvalue weighted by Gasteiger charge is -2.22. The van der Waals surface area contributed by atoms with Gasteiger partial charge in [0.15, 0.2) is 0 Å². The Morgan fingerprint density at radius 2 is 2.50 bits per heavy atom. The lowest BCUT2D eigenvalue weighted by Crippen LogP contribution is -2.31. The Morgan fingerprint density at radius 3 is 3.22 bits per heavy atom. The monoisotopic (exact) mass is 244 g/mol. The second kappa shape index (κ2) is 6.36. The molecule has 0 bridgehead atoms. The molecule has 1 aliphatic heterocycles. The van der Waals surface area contributed by atoms with Gasteiger partial charge in [-0.3, -0.25) is 4.90 Å². The number of hydrogen-bond donors (Lipinski definition) is 1. The summed E-state index contributed by atoms with van der Waals surface area (Å²) < 4.78 is 0. The van der Waals surface area contributed by atoms with Gasteiger partial charge in [-0.15, -0.1) is 0 Å². The van der Waals surface area contributed by atoms with Gasteiger partial charge < -0.3 is 5.32 Å². The van der Waals surface area contributed by atoms with Crippen LogP contribution >= 0.6 is 0 Å². The minimum absolute atomic E-state index is 0.384. The van der Waals surface area contributed by atoms with Gasteiger partial charge in [0, 0.05) is 25.3 Å². The summed E-state index contributed by atoms with van der Waals surface area (Å²) >= 11 is 0. The fourth-order valence-corrected chi connectivity index (χ4v) is 2.41. The van der Waals surface area contributed by atoms with Crippen LogP contribution in [0.15, 0.2) is 24.4 Å². The molecule has 1 fully saturated rings. The van der Waals surface area contributed by atoms with E-state index in [-0.39, 0.29) is 0 Å². The first-order valence-corrected chi connectivity index (χ1v) is 6.55. The van der Waals surface area contributed by atoms with Crippen molar-refractivity contribution in [1.82, 2.24) is 9.88 Å². The first kappa shape index (κ1) is 12.8. The Bertz CT molecular complexity index is 398. The zero-order valence-corrected chi connectivity index (χ0v) is 10.8. The number of nitriles is 1. The minimum Gasteiger partial charge on any atom is -0.370 e. The highest BCUT2D eigenvalue weighted by Crippen LogP contribution is 2.20. The molecule has 0 amide bonds. The van der Waals surface area contributed by atoms with E-state index in [9.17, 15) is 0 Å². The van der Waals surface area contributed by atoms with Crippen LogP contribution in [0.3, 0.4) is 0 Å². The molecule has 1 saturated heterocycles. The van der Waals surface area contributed by atoms with Gasteiger partial charge in [0.25, 0.3) is 0 Å². The molecule has 2 heterocycles. The summed E-state index contributed by atoms with van der Waals surface area (Å²) in [5.74, 6) is 1.61. The molecule has 0 spiro atoms. The van der Waals surface area contributed by atoms with Crippen LogP contribution in [0.2, 0.25) is 0 Å². The first-order valence-electron chi connectivity index (χ1n) is 6.55. The Kier molecular flexibility index (Phi) is 4.54. The number of aromatic nitrogens is 1. The molecular formula is C14H20N4. The molecule has 2 atom stereocenters. The number of anilines is 1. The number of rotatable bonds is 5. The van der Waals surface area contributed by atoms with Gasteiger partial charge in [-0.2, -0.15) is 5.26 Å². The standard InChI is InChI=1S/C14H20N4/c1-12(5-7-15)18-9-6-13(11-18)10-17-14-4-2-3-8-16-14/h2-4,8,12-13H,5-6,9-11H2,1H3,(H,16,17)/t12-,13+/m0/s1. The van der Waals surface area contributed by atoms with Crippen LogP contribution in [0, 0.1) is 17.2 Å². The highest BCUT2D eigenvalue weighted by Gasteiger charge is 2.25. The van der Waals surface area contributed by atoms with Gasteiger partial charge >= 0.3 is 0 Å². The van der Waals surface area contributed by atoms with Crippen molar-refractivity contribution in [1.29, 1.82) is 5.26 Å². The molecule has 1 aromatic rings. The fourth-order valence-electron chi connectivity index (χ4n) is 2.41. The van der Waals surface area contributed by atoms with E-state index in [0.717, 1.165) is 25.5 Å². The van der Waals surface area contributed by atoms with Crippen LogP contribution in [0.1, 0.15) is 19.8 Å². The van der Waals surface area contributed by atoms with Crippen molar-refractivity contribution >= 4 is 5.82 Å². The lowest BCUT2D eigenvalue weighted by atomic mass is 10.1. The second-order valence-corrected chi connectivity index (χ2v) is 4.96. The predicted octanol–water partition coefficient (Wildman–Crippen LogP) is 2.12. The molecule has 0 aliphatic carbocycles. The van der Waals surface area contributed by atoms with Crippen LogP contribution < -0.4 is 5.32 Å². The summed E-state index contributed by atoms with van der Waals surface area (Å²) in [5.41, 5.74) is 0. The molecule has 1 aromatic heterocycles. The second-order valence-electron chi connectivity index (χ2n) is 4.96. The zero-order chi connectivity index (χ0) is 12.8. The number of pyridine rings is 1. The third-order valence-corrected chi connectivity index (χ3v) is 3.56. The third-order valence-electron chi connectivity index (χ3n) is 3.56. The van der Waals surface area contributed by atoms with Crippen molar-refractivity contribution in [2.45, 2.75) is 25.8 Å². The van der Waals surface area contributed by atoms with E-state index >= 15 is 0 Å². The van der Waals surface area contributed by atoms with Crippen molar-refractivity contribution in [2.24, 2.45) is 5.92 Å². The number of nitrogens with one attached hydrogen (secondary N) is 1. The lowest BCUT2D eigenvalue weighted by molar-refractivity contribution is 0.253. The minimum atomic E-state index is 0.384. The molecular weight excluding hydrogens is 224 g/mol. The molecule has 0 aromatic carbocycles. The van der Waals surface area contributed by atoms with Crippen LogP contribution in [0.4, 0.5) is 5.82 Å². The Balaban J connectivity index is 1.75. The molecule has 0 unspecified atom stereocenters. The Morgan fingerprint density at radius 1 is 1.61 bits per heavy atom. The molecule has 2 rings (SSSR count). The van der Waals surface area contributed by atoms with E-state index < -0.39 is 0 Å². The van der Waals surface area contributed by atoms with Crippen molar-refractivity contribution in [2.75, 3.05) is 25.0 Å². The summed E-state index contributed by atoms with van der Waals surface area (Å²) in [7, 11) is 0. The van der Waals surface area contributed by atoms with Gasteiger partial charge in [-0.05, 0) is 37.9 Å². The van der Waals surface area contributed by atoms with Gasteiger partial charge in [0.1, 0.15) is 5.82 Å². The quantitative estimate of drug-likeness (QED) is 0.862. The molecule has 18 heavy (non-hydrogen) atoms. The number of hydrogen-bond acceptors (Lipinski definition) is 4. The van der Waals surface area contributed by atoms with Gasteiger partial charge in [0.2, 0.25) is 0 Å². The van der Waals surface area contributed by atoms with E-state index in [2.05, 4.69) is 28.2 Å². The van der Waals surface area contributed by atoms with E-state index in [1.807, 2.05) is 18.2 Å². The first-order chi connectivity index (χ1) is 8.79. The van der Waals surface area contributed by atoms with Gasteiger partial charge in [0.05, 0.1) is 12.5 Å². The zero-order valence-electron chi connectivity index (χ0n) is 10.8. The normalized spacial score (nSPS) is 21.4. The summed E-state index contributed by atoms with van der Waals surface area (Å²) in [6, 6.07) is 8.54. The molecule has 1 N–H and O–H groups in total. The Labute approximate surface area is 109 Å². The topological polar surface area (TPSA) is 52.0 Å². The average Bonchev–Trinajstić information content (AvgIpc) is 2.87. The van der Waals surface area contributed by atoms with Crippen LogP contribution in [0.5, 0.6) is 0 Å². The SMILES string of the molecule is C[C@@H](CC#N)N1CC[C@H](CNc2ccccn2)C1. The van der Waals surface area contributed by atoms with E-state index in [1.165, 1.54) is 6.42 Å². The number of likely N-dealkylation sites (tertiary alicyclic amines) is 1. The van der Waals surface area contributed by atoms with E-state index in [0.29, 0.717) is 18.4 Å². The van der Waals surface area contributed by atoms with Crippen LogP contribution in [-0.4, -0.2) is 35.6 Å². The van der Waals surface area contributed by atoms with E-state index in [4.69, 9.17) is 5.26 Å². The maximum Gasteiger partial charge on any atom is 0.125 e. The maximum atomic E-state index is 8.72. The Hall–Kier alpha value is -1.60. The summed E-state index contributed by atoms with van der Waals surface area (Å²) in [4.78, 5) is 6.67. The van der Waals surface area contributed by atoms with Crippen LogP contribution in [-0.2, 0) is 0 Å². The predicted molar refractivity (Wildman–Crippen MR) is 72.1 cm³/mol. The fraction of sp³-hybridized carbons (Fsp3) is 0.571. The maximum absolute atomic E-state index is 8.72. The third kappa shape index (κ3) is 3.44. The molecule has 0 saturated carbocycles. The van der Waals surface area contributed by atoms with Gasteiger partial charge in [-0.25, -0.2) is 4.98 Å². The largest absolute Gasteiger partial charge is 0.370 e. The molecule has 4 nitrogen and oxygen atoms in total. The summed E-state index contributed by atoms with van der Waals surface area (Å²) in [6.07, 6.45) is 3.63.